The summed E-state index contributed by atoms with van der Waals surface area (Å²) >= 11 is 5.63. The van der Waals surface area contributed by atoms with Gasteiger partial charge in [-0.3, -0.25) is 4.79 Å². The van der Waals surface area contributed by atoms with Crippen LogP contribution in [0.5, 0.6) is 0 Å². The number of hydrogen-bond donors (Lipinski definition) is 1. The van der Waals surface area contributed by atoms with Gasteiger partial charge < -0.3 is 10.1 Å². The number of anilines is 1. The first-order chi connectivity index (χ1) is 6.72. The molecule has 5 nitrogen and oxygen atoms in total. The van der Waals surface area contributed by atoms with Gasteiger partial charge in [-0.2, -0.15) is 0 Å². The molecule has 1 rings (SSSR count). The zero-order valence-corrected chi connectivity index (χ0v) is 8.41. The van der Waals surface area contributed by atoms with Crippen LogP contribution in [-0.4, -0.2) is 29.6 Å². The molecular weight excluding hydrogens is 206 g/mol. The summed E-state index contributed by atoms with van der Waals surface area (Å²) in [5, 5.41) is 3.28. The minimum absolute atomic E-state index is 0.266. The van der Waals surface area contributed by atoms with Crippen molar-refractivity contribution >= 4 is 23.4 Å². The Bertz CT molecular complexity index is 319. The first kappa shape index (κ1) is 10.7. The van der Waals surface area contributed by atoms with Crippen molar-refractivity contribution in [2.45, 2.75) is 6.42 Å². The molecule has 6 heteroatoms. The van der Waals surface area contributed by atoms with Crippen LogP contribution in [0.2, 0.25) is 5.15 Å². The van der Waals surface area contributed by atoms with Crippen molar-refractivity contribution in [3.63, 3.8) is 0 Å². The highest BCUT2D eigenvalue weighted by Crippen LogP contribution is 2.08. The quantitative estimate of drug-likeness (QED) is 0.602. The third-order valence-corrected chi connectivity index (χ3v) is 1.70. The third-order valence-electron chi connectivity index (χ3n) is 1.50. The molecule has 1 N–H and O–H groups in total. The van der Waals surface area contributed by atoms with Crippen molar-refractivity contribution in [1.82, 2.24) is 9.97 Å². The summed E-state index contributed by atoms with van der Waals surface area (Å²) in [6.45, 7) is 0.458. The van der Waals surface area contributed by atoms with Crippen LogP contribution in [0.4, 0.5) is 5.82 Å². The normalized spacial score (nSPS) is 9.57. The molecule has 1 heterocycles. The number of halogens is 1. The predicted octanol–water partition coefficient (Wildman–Crippen LogP) is 1.10. The van der Waals surface area contributed by atoms with Crippen molar-refractivity contribution in [2.24, 2.45) is 0 Å². The molecule has 0 spiro atoms. The molecule has 0 aliphatic rings. The Morgan fingerprint density at radius 1 is 1.64 bits per heavy atom. The van der Waals surface area contributed by atoms with Gasteiger partial charge in [-0.15, -0.1) is 0 Å². The maximum Gasteiger partial charge on any atom is 0.307 e. The number of esters is 1. The van der Waals surface area contributed by atoms with Crippen molar-refractivity contribution < 1.29 is 9.53 Å². The number of nitrogens with one attached hydrogen (secondary N) is 1. The molecule has 0 unspecified atom stereocenters. The van der Waals surface area contributed by atoms with E-state index in [0.29, 0.717) is 17.5 Å². The second-order valence-corrected chi connectivity index (χ2v) is 2.87. The largest absolute Gasteiger partial charge is 0.469 e. The fraction of sp³-hybridized carbons (Fsp3) is 0.375. The minimum Gasteiger partial charge on any atom is -0.469 e. The summed E-state index contributed by atoms with van der Waals surface area (Å²) < 4.78 is 4.47. The van der Waals surface area contributed by atoms with Crippen LogP contribution >= 0.6 is 11.6 Å². The van der Waals surface area contributed by atoms with Crippen LogP contribution in [-0.2, 0) is 9.53 Å². The van der Waals surface area contributed by atoms with Crippen molar-refractivity contribution in [3.8, 4) is 0 Å². The minimum atomic E-state index is -0.266. The van der Waals surface area contributed by atoms with Crippen molar-refractivity contribution in [2.75, 3.05) is 19.0 Å². The standard InChI is InChI=1S/C8H10ClN3O2/c1-14-8(13)2-3-10-7-4-6(9)11-5-12-7/h4-5H,2-3H2,1H3,(H,10,11,12). The van der Waals surface area contributed by atoms with Crippen LogP contribution in [0.15, 0.2) is 12.4 Å². The van der Waals surface area contributed by atoms with Crippen molar-refractivity contribution in [3.05, 3.63) is 17.5 Å². The van der Waals surface area contributed by atoms with Gasteiger partial charge in [0.15, 0.2) is 0 Å². The molecule has 76 valence electrons. The second-order valence-electron chi connectivity index (χ2n) is 2.48. The molecule has 0 radical (unpaired) electrons. The molecule has 1 aromatic heterocycles. The van der Waals surface area contributed by atoms with E-state index in [9.17, 15) is 4.79 Å². The number of carbonyl (C=O) groups excluding carboxylic acids is 1. The lowest BCUT2D eigenvalue weighted by Crippen LogP contribution is -2.10. The average Bonchev–Trinajstić information content (AvgIpc) is 2.17. The zero-order chi connectivity index (χ0) is 10.4. The van der Waals surface area contributed by atoms with Crippen LogP contribution in [0.1, 0.15) is 6.42 Å². The molecular formula is C8H10ClN3O2. The van der Waals surface area contributed by atoms with Crippen LogP contribution in [0.3, 0.4) is 0 Å². The number of methoxy groups -OCH3 is 1. The summed E-state index contributed by atoms with van der Waals surface area (Å²) in [5.41, 5.74) is 0. The van der Waals surface area contributed by atoms with Crippen LogP contribution in [0, 0.1) is 0 Å². The van der Waals surface area contributed by atoms with Gasteiger partial charge in [0.05, 0.1) is 13.5 Å². The number of rotatable bonds is 4. The van der Waals surface area contributed by atoms with E-state index >= 15 is 0 Å². The fourth-order valence-electron chi connectivity index (χ4n) is 0.825. The lowest BCUT2D eigenvalue weighted by Gasteiger charge is -2.03. The maximum absolute atomic E-state index is 10.7. The van der Waals surface area contributed by atoms with Gasteiger partial charge >= 0.3 is 5.97 Å². The van der Waals surface area contributed by atoms with Gasteiger partial charge in [-0.1, -0.05) is 11.6 Å². The molecule has 0 amide bonds. The van der Waals surface area contributed by atoms with Gasteiger partial charge in [-0.25, -0.2) is 9.97 Å². The number of carbonyl (C=O) groups is 1. The van der Waals surface area contributed by atoms with E-state index in [-0.39, 0.29) is 12.4 Å². The number of hydrogen-bond acceptors (Lipinski definition) is 5. The Balaban J connectivity index is 2.35. The second kappa shape index (κ2) is 5.39. The van der Waals surface area contributed by atoms with Crippen LogP contribution < -0.4 is 5.32 Å². The first-order valence-electron chi connectivity index (χ1n) is 4.00. The Morgan fingerprint density at radius 2 is 2.43 bits per heavy atom. The third kappa shape index (κ3) is 3.57. The van der Waals surface area contributed by atoms with E-state index in [4.69, 9.17) is 11.6 Å². The molecule has 0 saturated carbocycles. The van der Waals surface area contributed by atoms with Gasteiger partial charge in [0, 0.05) is 12.6 Å². The SMILES string of the molecule is COC(=O)CCNc1cc(Cl)ncn1. The van der Waals surface area contributed by atoms with E-state index in [1.54, 1.807) is 6.07 Å². The Hall–Kier alpha value is -1.36. The smallest absolute Gasteiger partial charge is 0.307 e. The van der Waals surface area contributed by atoms with Gasteiger partial charge in [0.2, 0.25) is 0 Å². The lowest BCUT2D eigenvalue weighted by molar-refractivity contribution is -0.140. The molecule has 0 aromatic carbocycles. The highest BCUT2D eigenvalue weighted by atomic mass is 35.5. The molecule has 14 heavy (non-hydrogen) atoms. The monoisotopic (exact) mass is 215 g/mol. The van der Waals surface area contributed by atoms with E-state index < -0.39 is 0 Å². The van der Waals surface area contributed by atoms with Crippen molar-refractivity contribution in [1.29, 1.82) is 0 Å². The number of aromatic nitrogens is 2. The molecule has 0 aliphatic carbocycles. The average molecular weight is 216 g/mol. The van der Waals surface area contributed by atoms with Gasteiger partial charge in [0.25, 0.3) is 0 Å². The molecule has 0 fully saturated rings. The maximum atomic E-state index is 10.7. The number of nitrogens with zero attached hydrogens (tertiary/aromatic N) is 2. The van der Waals surface area contributed by atoms with Gasteiger partial charge in [0.1, 0.15) is 17.3 Å². The highest BCUT2D eigenvalue weighted by Gasteiger charge is 2.00. The summed E-state index contributed by atoms with van der Waals surface area (Å²) in [5.74, 6) is 0.326. The molecule has 0 aliphatic heterocycles. The summed E-state index contributed by atoms with van der Waals surface area (Å²) in [7, 11) is 1.35. The topological polar surface area (TPSA) is 64.1 Å². The lowest BCUT2D eigenvalue weighted by atomic mass is 10.4. The van der Waals surface area contributed by atoms with Gasteiger partial charge in [-0.05, 0) is 0 Å². The van der Waals surface area contributed by atoms with E-state index in [2.05, 4.69) is 20.0 Å². The van der Waals surface area contributed by atoms with E-state index in [1.165, 1.54) is 13.4 Å². The van der Waals surface area contributed by atoms with E-state index in [1.807, 2.05) is 0 Å². The highest BCUT2D eigenvalue weighted by molar-refractivity contribution is 6.29. The summed E-state index contributed by atoms with van der Waals surface area (Å²) in [4.78, 5) is 18.4. The molecule has 0 saturated heterocycles. The zero-order valence-electron chi connectivity index (χ0n) is 7.66. The fourth-order valence-corrected chi connectivity index (χ4v) is 0.972. The first-order valence-corrected chi connectivity index (χ1v) is 4.38. The molecule has 1 aromatic rings. The summed E-state index contributed by atoms with van der Waals surface area (Å²) in [6, 6.07) is 1.58. The van der Waals surface area contributed by atoms with E-state index in [0.717, 1.165) is 0 Å². The molecule has 0 atom stereocenters. The predicted molar refractivity (Wildman–Crippen MR) is 52.2 cm³/mol. The Morgan fingerprint density at radius 3 is 3.07 bits per heavy atom. The Kier molecular flexibility index (Phi) is 4.12. The number of ether oxygens (including phenoxy) is 1. The molecule has 0 bridgehead atoms. The Labute approximate surface area is 86.5 Å². The van der Waals surface area contributed by atoms with Crippen LogP contribution in [0.25, 0.3) is 0 Å². The summed E-state index contributed by atoms with van der Waals surface area (Å²) in [6.07, 6.45) is 1.64.